The number of aromatic nitrogens is 1. The Morgan fingerprint density at radius 3 is 3.17 bits per heavy atom. The van der Waals surface area contributed by atoms with Gasteiger partial charge in [-0.2, -0.15) is 0 Å². The van der Waals surface area contributed by atoms with Gasteiger partial charge in [-0.25, -0.2) is 0 Å². The summed E-state index contributed by atoms with van der Waals surface area (Å²) in [6.07, 6.45) is 4.95. The minimum absolute atomic E-state index is 0.207. The Balaban J connectivity index is 2.25. The molecular formula is C13H20N3OPb. The minimum atomic E-state index is 0.207. The Morgan fingerprint density at radius 1 is 1.61 bits per heavy atom. The van der Waals surface area contributed by atoms with Gasteiger partial charge < -0.3 is 0 Å². The zero-order valence-electron chi connectivity index (χ0n) is 10.8. The van der Waals surface area contributed by atoms with Crippen molar-refractivity contribution in [3.05, 3.63) is 33.7 Å². The predicted molar refractivity (Wildman–Crippen MR) is 74.0 cm³/mol. The van der Waals surface area contributed by atoms with E-state index in [0.717, 1.165) is 47.7 Å². The first-order valence-corrected chi connectivity index (χ1v) is 9.26. The second kappa shape index (κ2) is 6.81. The van der Waals surface area contributed by atoms with E-state index in [2.05, 4.69) is 15.2 Å². The van der Waals surface area contributed by atoms with E-state index in [1.807, 2.05) is 7.05 Å². The van der Waals surface area contributed by atoms with Gasteiger partial charge in [0.1, 0.15) is 0 Å². The predicted octanol–water partition coefficient (Wildman–Crippen LogP) is 0.400. The van der Waals surface area contributed by atoms with Crippen molar-refractivity contribution in [3.8, 4) is 0 Å². The van der Waals surface area contributed by atoms with Crippen molar-refractivity contribution in [1.29, 1.82) is 0 Å². The van der Waals surface area contributed by atoms with Gasteiger partial charge in [-0.1, -0.05) is 0 Å². The van der Waals surface area contributed by atoms with Crippen LogP contribution in [-0.4, -0.2) is 59.9 Å². The molecule has 2 heterocycles. The number of rotatable bonds is 5. The summed E-state index contributed by atoms with van der Waals surface area (Å²) in [6, 6.07) is 1.99. The van der Waals surface area contributed by atoms with Crippen LogP contribution in [0.3, 0.4) is 0 Å². The molecule has 0 aliphatic carbocycles. The van der Waals surface area contributed by atoms with Gasteiger partial charge in [0.2, 0.25) is 0 Å². The van der Waals surface area contributed by atoms with Gasteiger partial charge in [-0.3, -0.25) is 0 Å². The van der Waals surface area contributed by atoms with E-state index in [1.165, 1.54) is 25.8 Å². The Kier molecular flexibility index (Phi) is 5.38. The molecule has 1 aromatic heterocycles. The number of nitrogens with one attached hydrogen (secondary N) is 2. The van der Waals surface area contributed by atoms with Crippen LogP contribution in [0.4, 0.5) is 0 Å². The molecule has 1 aromatic rings. The van der Waals surface area contributed by atoms with Crippen LogP contribution >= 0.6 is 0 Å². The van der Waals surface area contributed by atoms with Crippen LogP contribution in [0.2, 0.25) is 0 Å². The van der Waals surface area contributed by atoms with Gasteiger partial charge in [-0.05, 0) is 0 Å². The molecule has 5 heteroatoms. The molecule has 0 saturated carbocycles. The summed E-state index contributed by atoms with van der Waals surface area (Å²) < 4.78 is 1.15. The maximum absolute atomic E-state index is 12.1. The fourth-order valence-electron chi connectivity index (χ4n) is 2.69. The number of H-pyrrole nitrogens is 1. The maximum atomic E-state index is 12.1. The van der Waals surface area contributed by atoms with Crippen LogP contribution in [0.1, 0.15) is 30.1 Å². The van der Waals surface area contributed by atoms with Crippen molar-refractivity contribution < 1.29 is 0 Å². The first kappa shape index (κ1) is 14.2. The average molecular weight is 442 g/mol. The second-order valence-corrected chi connectivity index (χ2v) is 5.95. The number of aromatic amines is 1. The molecule has 97 valence electrons. The topological polar surface area (TPSA) is 48.1 Å². The van der Waals surface area contributed by atoms with E-state index >= 15 is 0 Å². The molecule has 18 heavy (non-hydrogen) atoms. The van der Waals surface area contributed by atoms with Crippen molar-refractivity contribution in [3.63, 3.8) is 0 Å². The Labute approximate surface area is 124 Å². The molecule has 0 fully saturated rings. The van der Waals surface area contributed by atoms with Crippen LogP contribution in [0.15, 0.2) is 17.1 Å². The van der Waals surface area contributed by atoms with Crippen LogP contribution in [0.5, 0.6) is 0 Å². The fourth-order valence-corrected chi connectivity index (χ4v) is 4.16. The van der Waals surface area contributed by atoms with E-state index in [1.54, 1.807) is 12.3 Å². The molecule has 0 aromatic carbocycles. The quantitative estimate of drug-likeness (QED) is 0.514. The standard InChI is InChI=1S/C13H20N3O.Pb/c1-14-7-3-4-11-13-10(6-9-16(11)2)15-8-5-12(13)17;/h5,8,11,14H,2-4,6-7,9H2,1H3,(H,15,17);. The summed E-state index contributed by atoms with van der Waals surface area (Å²) in [5.74, 6) is 0. The van der Waals surface area contributed by atoms with E-state index in [9.17, 15) is 4.79 Å². The van der Waals surface area contributed by atoms with Crippen molar-refractivity contribution in [2.24, 2.45) is 0 Å². The third kappa shape index (κ3) is 3.03. The fraction of sp³-hybridized carbons (Fsp3) is 0.615. The van der Waals surface area contributed by atoms with E-state index in [0.29, 0.717) is 6.04 Å². The number of hydrogen-bond donors (Lipinski definition) is 2. The summed E-state index contributed by atoms with van der Waals surface area (Å²) in [4.78, 5) is 17.9. The molecular weight excluding hydrogens is 421 g/mol. The Morgan fingerprint density at radius 2 is 2.44 bits per heavy atom. The number of hydrogen-bond acceptors (Lipinski definition) is 3. The molecule has 1 aliphatic heterocycles. The molecule has 0 bridgehead atoms. The Bertz CT molecular complexity index is 446. The van der Waals surface area contributed by atoms with Gasteiger partial charge in [-0.15, -0.1) is 0 Å². The van der Waals surface area contributed by atoms with Crippen molar-refractivity contribution >= 4 is 25.8 Å². The number of nitrogens with zero attached hydrogens (tertiary/aromatic N) is 1. The molecule has 1 unspecified atom stereocenters. The van der Waals surface area contributed by atoms with Gasteiger partial charge in [0.05, 0.1) is 0 Å². The Hall–Kier alpha value is -0.208. The molecule has 1 aliphatic rings. The molecule has 2 N–H and O–H groups in total. The zero-order chi connectivity index (χ0) is 13.0. The molecule has 1 atom stereocenters. The molecule has 0 spiro atoms. The zero-order valence-corrected chi connectivity index (χ0v) is 14.7. The van der Waals surface area contributed by atoms with Gasteiger partial charge in [0, 0.05) is 0 Å². The summed E-state index contributed by atoms with van der Waals surface area (Å²) in [7, 11) is 1.98. The molecule has 2 rings (SSSR count). The first-order chi connectivity index (χ1) is 8.77. The van der Waals surface area contributed by atoms with Crippen molar-refractivity contribution in [2.75, 3.05) is 24.2 Å². The summed E-state index contributed by atoms with van der Waals surface area (Å²) >= 11 is 1.17. The molecule has 4 nitrogen and oxygen atoms in total. The normalized spacial score (nSPS) is 19.8. The molecule has 0 saturated heterocycles. The van der Waals surface area contributed by atoms with Crippen LogP contribution in [0.25, 0.3) is 0 Å². The molecule has 0 amide bonds. The second-order valence-electron chi connectivity index (χ2n) is 4.72. The third-order valence-electron chi connectivity index (χ3n) is 3.61. The third-order valence-corrected chi connectivity index (χ3v) is 5.19. The van der Waals surface area contributed by atoms with Crippen LogP contribution in [-0.2, 0) is 6.42 Å². The van der Waals surface area contributed by atoms with Crippen molar-refractivity contribution in [1.82, 2.24) is 15.2 Å². The van der Waals surface area contributed by atoms with Crippen molar-refractivity contribution in [2.45, 2.75) is 25.3 Å². The first-order valence-electron chi connectivity index (χ1n) is 6.51. The van der Waals surface area contributed by atoms with Gasteiger partial charge in [0.25, 0.3) is 0 Å². The van der Waals surface area contributed by atoms with E-state index in [-0.39, 0.29) is 5.43 Å². The van der Waals surface area contributed by atoms with E-state index in [4.69, 9.17) is 0 Å². The monoisotopic (exact) mass is 442 g/mol. The number of fused-ring (bicyclic) bond motifs is 1. The summed E-state index contributed by atoms with van der Waals surface area (Å²) in [5, 5.41) is 3.18. The van der Waals surface area contributed by atoms with Gasteiger partial charge >= 0.3 is 124 Å². The molecule has 3 radical (unpaired) electrons. The van der Waals surface area contributed by atoms with Gasteiger partial charge in [0.15, 0.2) is 0 Å². The SMILES string of the molecule is CNCCCC1c2c([nH]ccc2=O)CCN1[CH2][Pb]. The average Bonchev–Trinajstić information content (AvgIpc) is 2.39. The van der Waals surface area contributed by atoms with Crippen LogP contribution in [0, 0.1) is 0 Å². The van der Waals surface area contributed by atoms with Crippen LogP contribution < -0.4 is 10.7 Å². The number of pyridine rings is 1. The summed E-state index contributed by atoms with van der Waals surface area (Å²) in [5.41, 5.74) is 2.39. The van der Waals surface area contributed by atoms with E-state index < -0.39 is 0 Å². The summed E-state index contributed by atoms with van der Waals surface area (Å²) in [6.45, 7) is 2.10.